The van der Waals surface area contributed by atoms with Crippen LogP contribution >= 0.6 is 11.8 Å². The Kier molecular flexibility index (Phi) is 4.06. The van der Waals surface area contributed by atoms with Crippen molar-refractivity contribution >= 4 is 22.9 Å². The van der Waals surface area contributed by atoms with Gasteiger partial charge in [0.05, 0.1) is 12.7 Å². The summed E-state index contributed by atoms with van der Waals surface area (Å²) in [4.78, 5) is 6.90. The van der Waals surface area contributed by atoms with E-state index in [1.165, 1.54) is 0 Å². The monoisotopic (exact) mass is 278 g/mol. The molecule has 1 aliphatic heterocycles. The minimum absolute atomic E-state index is 0.350. The Morgan fingerprint density at radius 3 is 3.16 bits per heavy atom. The number of para-hydroxylation sites is 2. The molecule has 0 N–H and O–H groups in total. The Labute approximate surface area is 117 Å². The second-order valence-corrected chi connectivity index (χ2v) is 5.82. The largest absolute Gasteiger partial charge is 0.431 e. The summed E-state index contributed by atoms with van der Waals surface area (Å²) in [5, 5.41) is 0.766. The van der Waals surface area contributed by atoms with Crippen LogP contribution in [0, 0.1) is 0 Å². The zero-order valence-electron chi connectivity index (χ0n) is 11.0. The molecule has 102 valence electrons. The predicted octanol–water partition coefficient (Wildman–Crippen LogP) is 2.64. The van der Waals surface area contributed by atoms with Crippen molar-refractivity contribution in [3.63, 3.8) is 0 Å². The number of rotatable bonds is 4. The average Bonchev–Trinajstić information content (AvgIpc) is 2.81. The molecule has 1 unspecified atom stereocenters. The lowest BCUT2D eigenvalue weighted by molar-refractivity contribution is -0.0158. The molecule has 3 rings (SSSR count). The van der Waals surface area contributed by atoms with Gasteiger partial charge < -0.3 is 9.15 Å². The fourth-order valence-electron chi connectivity index (χ4n) is 2.27. The van der Waals surface area contributed by atoms with E-state index in [1.807, 2.05) is 24.3 Å². The van der Waals surface area contributed by atoms with Crippen LogP contribution < -0.4 is 0 Å². The molecule has 0 aliphatic carbocycles. The van der Waals surface area contributed by atoms with E-state index in [9.17, 15) is 0 Å². The van der Waals surface area contributed by atoms with Crippen molar-refractivity contribution in [3.8, 4) is 0 Å². The molecule has 1 aromatic heterocycles. The summed E-state index contributed by atoms with van der Waals surface area (Å²) >= 11 is 1.68. The van der Waals surface area contributed by atoms with E-state index < -0.39 is 0 Å². The lowest BCUT2D eigenvalue weighted by Crippen LogP contribution is -2.42. The van der Waals surface area contributed by atoms with Crippen LogP contribution in [0.1, 0.15) is 6.92 Å². The summed E-state index contributed by atoms with van der Waals surface area (Å²) in [6.45, 7) is 6.07. The zero-order chi connectivity index (χ0) is 13.1. The summed E-state index contributed by atoms with van der Waals surface area (Å²) in [7, 11) is 0. The number of benzene rings is 1. The van der Waals surface area contributed by atoms with Gasteiger partial charge in [0.2, 0.25) is 0 Å². The lowest BCUT2D eigenvalue weighted by Gasteiger charge is -2.30. The van der Waals surface area contributed by atoms with E-state index in [1.54, 1.807) is 11.8 Å². The highest BCUT2D eigenvalue weighted by molar-refractivity contribution is 7.99. The Morgan fingerprint density at radius 1 is 1.42 bits per heavy atom. The molecule has 0 saturated carbocycles. The van der Waals surface area contributed by atoms with Gasteiger partial charge in [0, 0.05) is 25.4 Å². The number of hydrogen-bond donors (Lipinski definition) is 0. The van der Waals surface area contributed by atoms with Crippen molar-refractivity contribution in [1.29, 1.82) is 0 Å². The second kappa shape index (κ2) is 5.94. The van der Waals surface area contributed by atoms with E-state index in [4.69, 9.17) is 9.15 Å². The number of fused-ring (bicyclic) bond motifs is 1. The number of aromatic nitrogens is 1. The standard InChI is InChI=1S/C14H18N2O2S/c1-11-10-16(6-8-17-11)7-9-19-14-15-12-4-2-3-5-13(12)18-14/h2-5,11H,6-10H2,1H3. The van der Waals surface area contributed by atoms with Gasteiger partial charge in [0.25, 0.3) is 5.22 Å². The third-order valence-electron chi connectivity index (χ3n) is 3.23. The molecule has 0 spiro atoms. The number of morpholine rings is 1. The first-order valence-corrected chi connectivity index (χ1v) is 7.62. The van der Waals surface area contributed by atoms with E-state index in [2.05, 4.69) is 16.8 Å². The van der Waals surface area contributed by atoms with Gasteiger partial charge in [-0.1, -0.05) is 23.9 Å². The molecule has 2 heterocycles. The maximum absolute atomic E-state index is 5.69. The number of nitrogens with zero attached hydrogens (tertiary/aromatic N) is 2. The molecular formula is C14H18N2O2S. The minimum atomic E-state index is 0.350. The first kappa shape index (κ1) is 13.0. The Balaban J connectivity index is 1.51. The van der Waals surface area contributed by atoms with Crippen LogP contribution in [0.25, 0.3) is 11.1 Å². The van der Waals surface area contributed by atoms with Crippen molar-refractivity contribution in [2.75, 3.05) is 32.0 Å². The summed E-state index contributed by atoms with van der Waals surface area (Å²) in [6, 6.07) is 7.88. The van der Waals surface area contributed by atoms with Gasteiger partial charge in [0.1, 0.15) is 5.52 Å². The average molecular weight is 278 g/mol. The normalized spacial score (nSPS) is 21.0. The Hall–Kier alpha value is -1.04. The Morgan fingerprint density at radius 2 is 2.32 bits per heavy atom. The molecule has 1 aromatic carbocycles. The molecule has 1 saturated heterocycles. The van der Waals surface area contributed by atoms with Crippen LogP contribution in [0.5, 0.6) is 0 Å². The summed E-state index contributed by atoms with van der Waals surface area (Å²) in [6.07, 6.45) is 0.350. The highest BCUT2D eigenvalue weighted by atomic mass is 32.2. The highest BCUT2D eigenvalue weighted by Crippen LogP contribution is 2.23. The molecule has 0 radical (unpaired) electrons. The van der Waals surface area contributed by atoms with Crippen molar-refractivity contribution in [2.24, 2.45) is 0 Å². The number of oxazole rings is 1. The minimum Gasteiger partial charge on any atom is -0.431 e. The molecule has 19 heavy (non-hydrogen) atoms. The van der Waals surface area contributed by atoms with Crippen LogP contribution in [0.3, 0.4) is 0 Å². The van der Waals surface area contributed by atoms with Crippen molar-refractivity contribution in [1.82, 2.24) is 9.88 Å². The SMILES string of the molecule is CC1CN(CCSc2nc3ccccc3o2)CCO1. The summed E-state index contributed by atoms with van der Waals surface area (Å²) in [5.74, 6) is 1.000. The molecule has 1 aliphatic rings. The molecule has 1 atom stereocenters. The first-order chi connectivity index (χ1) is 9.31. The topological polar surface area (TPSA) is 38.5 Å². The zero-order valence-corrected chi connectivity index (χ0v) is 11.9. The fraction of sp³-hybridized carbons (Fsp3) is 0.500. The van der Waals surface area contributed by atoms with Crippen LogP contribution in [-0.2, 0) is 4.74 Å². The molecule has 5 heteroatoms. The first-order valence-electron chi connectivity index (χ1n) is 6.63. The van der Waals surface area contributed by atoms with Crippen molar-refractivity contribution in [3.05, 3.63) is 24.3 Å². The lowest BCUT2D eigenvalue weighted by atomic mass is 10.3. The van der Waals surface area contributed by atoms with Gasteiger partial charge in [-0.2, -0.15) is 0 Å². The van der Waals surface area contributed by atoms with Gasteiger partial charge in [-0.3, -0.25) is 4.90 Å². The second-order valence-electron chi connectivity index (χ2n) is 4.78. The van der Waals surface area contributed by atoms with Gasteiger partial charge >= 0.3 is 0 Å². The highest BCUT2D eigenvalue weighted by Gasteiger charge is 2.16. The van der Waals surface area contributed by atoms with Gasteiger partial charge in [0.15, 0.2) is 5.58 Å². The van der Waals surface area contributed by atoms with Crippen LogP contribution in [0.2, 0.25) is 0 Å². The van der Waals surface area contributed by atoms with Crippen molar-refractivity contribution in [2.45, 2.75) is 18.3 Å². The fourth-order valence-corrected chi connectivity index (χ4v) is 3.10. The van der Waals surface area contributed by atoms with Crippen molar-refractivity contribution < 1.29 is 9.15 Å². The maximum Gasteiger partial charge on any atom is 0.256 e. The molecule has 4 nitrogen and oxygen atoms in total. The van der Waals surface area contributed by atoms with Gasteiger partial charge in [-0.05, 0) is 19.1 Å². The van der Waals surface area contributed by atoms with E-state index in [0.717, 1.165) is 48.3 Å². The van der Waals surface area contributed by atoms with Crippen LogP contribution in [0.4, 0.5) is 0 Å². The van der Waals surface area contributed by atoms with Gasteiger partial charge in [-0.25, -0.2) is 4.98 Å². The summed E-state index contributed by atoms with van der Waals surface area (Å²) < 4.78 is 11.2. The Bertz CT molecular complexity index is 510. The predicted molar refractivity (Wildman–Crippen MR) is 76.6 cm³/mol. The smallest absolute Gasteiger partial charge is 0.256 e. The van der Waals surface area contributed by atoms with Crippen LogP contribution in [-0.4, -0.2) is 48.0 Å². The van der Waals surface area contributed by atoms with Gasteiger partial charge in [-0.15, -0.1) is 0 Å². The van der Waals surface area contributed by atoms with Crippen LogP contribution in [0.15, 0.2) is 33.9 Å². The molecule has 0 bridgehead atoms. The van der Waals surface area contributed by atoms with E-state index >= 15 is 0 Å². The van der Waals surface area contributed by atoms with E-state index in [0.29, 0.717) is 6.10 Å². The molecule has 1 fully saturated rings. The number of ether oxygens (including phenoxy) is 1. The summed E-state index contributed by atoms with van der Waals surface area (Å²) in [5.41, 5.74) is 1.80. The molecular weight excluding hydrogens is 260 g/mol. The molecule has 0 amide bonds. The number of hydrogen-bond acceptors (Lipinski definition) is 5. The maximum atomic E-state index is 5.69. The number of thioether (sulfide) groups is 1. The molecule has 2 aromatic rings. The third kappa shape index (κ3) is 3.29. The third-order valence-corrected chi connectivity index (χ3v) is 4.04. The quantitative estimate of drug-likeness (QED) is 0.804. The van der Waals surface area contributed by atoms with E-state index in [-0.39, 0.29) is 0 Å².